The number of alkyl halides is 3. The molecule has 10 heteroatoms. The van der Waals surface area contributed by atoms with Crippen LogP contribution in [0.1, 0.15) is 41.6 Å². The quantitative estimate of drug-likeness (QED) is 0.627. The van der Waals surface area contributed by atoms with Gasteiger partial charge in [0, 0.05) is 18.7 Å². The van der Waals surface area contributed by atoms with E-state index >= 15 is 0 Å². The van der Waals surface area contributed by atoms with E-state index in [1.807, 2.05) is 0 Å². The van der Waals surface area contributed by atoms with Crippen molar-refractivity contribution in [2.75, 3.05) is 13.7 Å². The van der Waals surface area contributed by atoms with Crippen LogP contribution in [0.5, 0.6) is 5.75 Å². The summed E-state index contributed by atoms with van der Waals surface area (Å²) in [7, 11) is 1.52. The zero-order chi connectivity index (χ0) is 22.6. The number of nitrogens with zero attached hydrogens (tertiary/aromatic N) is 4. The zero-order valence-electron chi connectivity index (χ0n) is 17.0. The molecule has 2 aliphatic rings. The summed E-state index contributed by atoms with van der Waals surface area (Å²) in [6, 6.07) is 5.68. The predicted molar refractivity (Wildman–Crippen MR) is 110 cm³/mol. The monoisotopic (exact) mass is 496 g/mol. The van der Waals surface area contributed by atoms with E-state index in [1.54, 1.807) is 23.6 Å². The molecule has 0 radical (unpaired) electrons. The van der Waals surface area contributed by atoms with Crippen molar-refractivity contribution in [3.63, 3.8) is 0 Å². The summed E-state index contributed by atoms with van der Waals surface area (Å²) >= 11 is 3.40. The van der Waals surface area contributed by atoms with Crippen LogP contribution in [0.4, 0.5) is 13.2 Å². The van der Waals surface area contributed by atoms with Crippen LogP contribution in [-0.4, -0.2) is 45.7 Å². The Morgan fingerprint density at radius 2 is 2.13 bits per heavy atom. The lowest BCUT2D eigenvalue weighted by atomic mass is 9.96. The van der Waals surface area contributed by atoms with E-state index < -0.39 is 24.0 Å². The van der Waals surface area contributed by atoms with Gasteiger partial charge in [0.15, 0.2) is 5.82 Å². The molecule has 1 atom stereocenters. The maximum atomic E-state index is 13.4. The first-order chi connectivity index (χ1) is 14.6. The van der Waals surface area contributed by atoms with Crippen LogP contribution in [0.2, 0.25) is 0 Å². The maximum Gasteiger partial charge on any atom is 0.394 e. The van der Waals surface area contributed by atoms with E-state index in [-0.39, 0.29) is 11.5 Å². The SMILES string of the molecule is COc1cc2c(cc1Br)-c1c(CC(F)(F)F)nc(C(=O)N3CCC[C@]3(C)C#N)n1CC2. The minimum Gasteiger partial charge on any atom is -0.496 e. The normalized spacial score (nSPS) is 20.2. The molecule has 164 valence electrons. The molecule has 0 unspecified atom stereocenters. The number of likely N-dealkylation sites (tertiary alicyclic amines) is 1. The topological polar surface area (TPSA) is 71.2 Å². The Kier molecular flexibility index (Phi) is 5.28. The van der Waals surface area contributed by atoms with Gasteiger partial charge >= 0.3 is 6.18 Å². The number of amides is 1. The molecule has 0 bridgehead atoms. The summed E-state index contributed by atoms with van der Waals surface area (Å²) in [6.07, 6.45) is -4.02. The molecule has 0 spiro atoms. The fraction of sp³-hybridized carbons (Fsp3) is 0.476. The van der Waals surface area contributed by atoms with Gasteiger partial charge in [-0.2, -0.15) is 18.4 Å². The molecule has 4 rings (SSSR count). The van der Waals surface area contributed by atoms with Crippen molar-refractivity contribution in [3.8, 4) is 23.1 Å². The third kappa shape index (κ3) is 3.69. The minimum atomic E-state index is -4.48. The molecule has 2 aliphatic heterocycles. The lowest BCUT2D eigenvalue weighted by molar-refractivity contribution is -0.127. The fourth-order valence-corrected chi connectivity index (χ4v) is 4.94. The number of aryl methyl sites for hydroxylation is 1. The van der Waals surface area contributed by atoms with E-state index in [1.165, 1.54) is 12.0 Å². The van der Waals surface area contributed by atoms with Gasteiger partial charge in [0.1, 0.15) is 11.3 Å². The number of hydrogen-bond donors (Lipinski definition) is 0. The Balaban J connectivity index is 1.88. The van der Waals surface area contributed by atoms with Crippen LogP contribution < -0.4 is 4.74 Å². The Labute approximate surface area is 185 Å². The standard InChI is InChI=1S/C21H20BrF3N4O2/c1-20(11-26)5-3-6-29(20)19(30)18-27-15(10-21(23,24)25)17-13-9-14(22)16(31-2)8-12(13)4-7-28(17)18/h8-9H,3-7,10H2,1-2H3/t20-/m1/s1. The molecule has 3 heterocycles. The molecule has 0 saturated carbocycles. The summed E-state index contributed by atoms with van der Waals surface area (Å²) in [5.41, 5.74) is 0.540. The highest BCUT2D eigenvalue weighted by molar-refractivity contribution is 9.10. The van der Waals surface area contributed by atoms with E-state index in [0.717, 1.165) is 5.56 Å². The minimum absolute atomic E-state index is 0.0461. The van der Waals surface area contributed by atoms with Gasteiger partial charge in [0.25, 0.3) is 5.91 Å². The maximum absolute atomic E-state index is 13.4. The van der Waals surface area contributed by atoms with Crippen LogP contribution in [0.15, 0.2) is 16.6 Å². The Bertz CT molecular complexity index is 1110. The van der Waals surface area contributed by atoms with Gasteiger partial charge in [-0.15, -0.1) is 0 Å². The number of hydrogen-bond acceptors (Lipinski definition) is 4. The van der Waals surface area contributed by atoms with E-state index in [4.69, 9.17) is 4.74 Å². The van der Waals surface area contributed by atoms with Gasteiger partial charge < -0.3 is 14.2 Å². The number of nitriles is 1. The van der Waals surface area contributed by atoms with Crippen molar-refractivity contribution in [2.45, 2.75) is 50.9 Å². The Hall–Kier alpha value is -2.54. The van der Waals surface area contributed by atoms with Crippen LogP contribution in [-0.2, 0) is 19.4 Å². The van der Waals surface area contributed by atoms with E-state index in [9.17, 15) is 23.2 Å². The van der Waals surface area contributed by atoms with Crippen molar-refractivity contribution in [1.29, 1.82) is 5.26 Å². The summed E-state index contributed by atoms with van der Waals surface area (Å²) in [5.74, 6) is 0.0321. The first-order valence-corrected chi connectivity index (χ1v) is 10.6. The molecule has 2 aromatic rings. The second-order valence-electron chi connectivity index (χ2n) is 8.01. The number of rotatable bonds is 3. The molecule has 31 heavy (non-hydrogen) atoms. The first-order valence-electron chi connectivity index (χ1n) is 9.84. The third-order valence-electron chi connectivity index (χ3n) is 5.96. The average Bonchev–Trinajstić information content (AvgIpc) is 3.27. The summed E-state index contributed by atoms with van der Waals surface area (Å²) in [4.78, 5) is 19.0. The van der Waals surface area contributed by atoms with Crippen molar-refractivity contribution in [2.24, 2.45) is 0 Å². The molecule has 1 saturated heterocycles. The molecule has 6 nitrogen and oxygen atoms in total. The van der Waals surface area contributed by atoms with Crippen molar-refractivity contribution in [3.05, 3.63) is 33.7 Å². The van der Waals surface area contributed by atoms with Gasteiger partial charge in [-0.3, -0.25) is 4.79 Å². The highest BCUT2D eigenvalue weighted by atomic mass is 79.9. The lowest BCUT2D eigenvalue weighted by Gasteiger charge is -2.29. The highest BCUT2D eigenvalue weighted by Gasteiger charge is 2.43. The highest BCUT2D eigenvalue weighted by Crippen LogP contribution is 2.41. The second kappa shape index (κ2) is 7.55. The van der Waals surface area contributed by atoms with Gasteiger partial charge in [-0.1, -0.05) is 0 Å². The number of benzene rings is 1. The van der Waals surface area contributed by atoms with Crippen LogP contribution in [0.25, 0.3) is 11.3 Å². The summed E-state index contributed by atoms with van der Waals surface area (Å²) in [6.45, 7) is 2.36. The molecule has 0 aliphatic carbocycles. The molecule has 1 amide bonds. The fourth-order valence-electron chi connectivity index (χ4n) is 4.43. The number of imidazole rings is 1. The molecular formula is C21H20BrF3N4O2. The molecular weight excluding hydrogens is 477 g/mol. The molecule has 1 aromatic heterocycles. The predicted octanol–water partition coefficient (Wildman–Crippen LogP) is 4.50. The number of halogens is 4. The summed E-state index contributed by atoms with van der Waals surface area (Å²) < 4.78 is 47.6. The largest absolute Gasteiger partial charge is 0.496 e. The number of methoxy groups -OCH3 is 1. The lowest BCUT2D eigenvalue weighted by Crippen LogP contribution is -2.45. The van der Waals surface area contributed by atoms with Crippen LogP contribution in [0.3, 0.4) is 0 Å². The van der Waals surface area contributed by atoms with E-state index in [2.05, 4.69) is 27.0 Å². The van der Waals surface area contributed by atoms with Gasteiger partial charge in [-0.05, 0) is 59.8 Å². The number of carbonyl (C=O) groups is 1. The summed E-state index contributed by atoms with van der Waals surface area (Å²) in [5, 5.41) is 9.56. The molecule has 1 aromatic carbocycles. The van der Waals surface area contributed by atoms with Crippen molar-refractivity contribution in [1.82, 2.24) is 14.5 Å². The second-order valence-corrected chi connectivity index (χ2v) is 8.87. The molecule has 0 N–H and O–H groups in total. The van der Waals surface area contributed by atoms with Gasteiger partial charge in [-0.25, -0.2) is 4.98 Å². The van der Waals surface area contributed by atoms with Crippen molar-refractivity contribution >= 4 is 21.8 Å². The smallest absolute Gasteiger partial charge is 0.394 e. The van der Waals surface area contributed by atoms with Crippen molar-refractivity contribution < 1.29 is 22.7 Å². The van der Waals surface area contributed by atoms with Gasteiger partial charge in [0.2, 0.25) is 0 Å². The Morgan fingerprint density at radius 1 is 1.39 bits per heavy atom. The van der Waals surface area contributed by atoms with Gasteiger partial charge in [0.05, 0.1) is 35.5 Å². The average molecular weight is 497 g/mol. The Morgan fingerprint density at radius 3 is 2.77 bits per heavy atom. The third-order valence-corrected chi connectivity index (χ3v) is 6.58. The van der Waals surface area contributed by atoms with Crippen LogP contribution >= 0.6 is 15.9 Å². The van der Waals surface area contributed by atoms with E-state index in [0.29, 0.717) is 53.8 Å². The number of aromatic nitrogens is 2. The first kappa shape index (κ1) is 21.7. The number of ether oxygens (including phenoxy) is 1. The molecule has 1 fully saturated rings. The number of fused-ring (bicyclic) bond motifs is 3. The zero-order valence-corrected chi connectivity index (χ0v) is 18.6. The van der Waals surface area contributed by atoms with Crippen LogP contribution in [0, 0.1) is 11.3 Å². The number of carbonyl (C=O) groups excluding carboxylic acids is 1.